The van der Waals surface area contributed by atoms with Gasteiger partial charge >= 0.3 is 0 Å². The van der Waals surface area contributed by atoms with Gasteiger partial charge in [0.05, 0.1) is 17.6 Å². The number of halogens is 1. The summed E-state index contributed by atoms with van der Waals surface area (Å²) in [5.74, 6) is 1.09. The number of para-hydroxylation sites is 2. The molecular weight excluding hydrogens is 398 g/mol. The van der Waals surface area contributed by atoms with Crippen molar-refractivity contribution in [2.24, 2.45) is 0 Å². The van der Waals surface area contributed by atoms with Crippen LogP contribution in [0.25, 0.3) is 11.0 Å². The summed E-state index contributed by atoms with van der Waals surface area (Å²) < 4.78 is 3.48. The third-order valence-corrected chi connectivity index (χ3v) is 5.50. The molecule has 4 aromatic rings. The summed E-state index contributed by atoms with van der Waals surface area (Å²) in [6.45, 7) is 2.50. The van der Waals surface area contributed by atoms with Crippen molar-refractivity contribution in [2.75, 3.05) is 7.05 Å². The highest BCUT2D eigenvalue weighted by molar-refractivity contribution is 9.10. The Balaban J connectivity index is 1.62. The van der Waals surface area contributed by atoms with Crippen LogP contribution in [0, 0.1) is 0 Å². The van der Waals surface area contributed by atoms with Gasteiger partial charge < -0.3 is 4.57 Å². The predicted octanol–water partition coefficient (Wildman–Crippen LogP) is 5.48. The highest BCUT2D eigenvalue weighted by Crippen LogP contribution is 2.21. The smallest absolute Gasteiger partial charge is 0.124 e. The van der Waals surface area contributed by atoms with E-state index >= 15 is 0 Å². The Bertz CT molecular complexity index is 1040. The topological polar surface area (TPSA) is 21.1 Å². The molecule has 0 bridgehead atoms. The monoisotopic (exact) mass is 419 g/mol. The van der Waals surface area contributed by atoms with Gasteiger partial charge in [-0.1, -0.05) is 76.6 Å². The average Bonchev–Trinajstić information content (AvgIpc) is 3.01. The molecule has 4 heteroatoms. The minimum absolute atomic E-state index is 0.794. The summed E-state index contributed by atoms with van der Waals surface area (Å²) in [5.41, 5.74) is 4.81. The predicted molar refractivity (Wildman–Crippen MR) is 115 cm³/mol. The molecule has 4 rings (SSSR count). The van der Waals surface area contributed by atoms with Crippen LogP contribution in [0.3, 0.4) is 0 Å². The molecule has 0 aliphatic carbocycles. The van der Waals surface area contributed by atoms with E-state index in [4.69, 9.17) is 4.98 Å². The van der Waals surface area contributed by atoms with Crippen molar-refractivity contribution >= 4 is 27.0 Å². The third kappa shape index (κ3) is 4.12. The van der Waals surface area contributed by atoms with Gasteiger partial charge in [-0.2, -0.15) is 0 Å². The summed E-state index contributed by atoms with van der Waals surface area (Å²) in [5, 5.41) is 0. The number of aromatic nitrogens is 2. The molecule has 0 amide bonds. The quantitative estimate of drug-likeness (QED) is 0.412. The van der Waals surface area contributed by atoms with Gasteiger partial charge in [-0.15, -0.1) is 0 Å². The molecule has 1 heterocycles. The van der Waals surface area contributed by atoms with E-state index in [1.165, 1.54) is 16.6 Å². The van der Waals surface area contributed by atoms with E-state index in [1.54, 1.807) is 0 Å². The summed E-state index contributed by atoms with van der Waals surface area (Å²) in [6.07, 6.45) is 0. The molecule has 1 aromatic heterocycles. The highest BCUT2D eigenvalue weighted by atomic mass is 79.9. The average molecular weight is 420 g/mol. The first-order valence-electron chi connectivity index (χ1n) is 9.11. The molecule has 0 saturated heterocycles. The molecular formula is C23H22BrN3. The summed E-state index contributed by atoms with van der Waals surface area (Å²) >= 11 is 3.65. The fourth-order valence-electron chi connectivity index (χ4n) is 3.40. The second-order valence-electron chi connectivity index (χ2n) is 6.85. The van der Waals surface area contributed by atoms with Gasteiger partial charge in [0.2, 0.25) is 0 Å². The Morgan fingerprint density at radius 2 is 1.56 bits per heavy atom. The number of nitrogens with zero attached hydrogens (tertiary/aromatic N) is 3. The lowest BCUT2D eigenvalue weighted by Gasteiger charge is -2.18. The number of hydrogen-bond donors (Lipinski definition) is 0. The number of rotatable bonds is 6. The van der Waals surface area contributed by atoms with Crippen molar-refractivity contribution in [1.29, 1.82) is 0 Å². The zero-order chi connectivity index (χ0) is 18.6. The molecule has 0 saturated carbocycles. The molecule has 0 aliphatic heterocycles. The van der Waals surface area contributed by atoms with Crippen molar-refractivity contribution in [3.63, 3.8) is 0 Å². The minimum atomic E-state index is 0.794. The molecule has 0 aliphatic rings. The van der Waals surface area contributed by atoms with Crippen LogP contribution in [0.1, 0.15) is 17.0 Å². The van der Waals surface area contributed by atoms with Crippen molar-refractivity contribution in [1.82, 2.24) is 14.5 Å². The van der Waals surface area contributed by atoms with Crippen LogP contribution < -0.4 is 0 Å². The van der Waals surface area contributed by atoms with Crippen LogP contribution >= 0.6 is 15.9 Å². The maximum Gasteiger partial charge on any atom is 0.124 e. The molecule has 27 heavy (non-hydrogen) atoms. The molecule has 136 valence electrons. The lowest BCUT2D eigenvalue weighted by molar-refractivity contribution is 0.306. The van der Waals surface area contributed by atoms with Crippen LogP contribution in [0.5, 0.6) is 0 Å². The van der Waals surface area contributed by atoms with Gasteiger partial charge in [-0.25, -0.2) is 4.98 Å². The first kappa shape index (κ1) is 18.0. The van der Waals surface area contributed by atoms with Crippen molar-refractivity contribution in [2.45, 2.75) is 19.6 Å². The van der Waals surface area contributed by atoms with Crippen molar-refractivity contribution in [3.8, 4) is 0 Å². The molecule has 0 unspecified atom stereocenters. The second-order valence-corrected chi connectivity index (χ2v) is 7.71. The molecule has 3 nitrogen and oxygen atoms in total. The summed E-state index contributed by atoms with van der Waals surface area (Å²) in [6, 6.07) is 27.3. The van der Waals surface area contributed by atoms with E-state index < -0.39 is 0 Å². The standard InChI is InChI=1S/C23H22BrN3/c1-26(16-19-11-5-6-12-20(19)24)17-23-25-21-13-7-8-14-22(21)27(23)15-18-9-3-2-4-10-18/h2-14H,15-17H2,1H3. The normalized spacial score (nSPS) is 11.4. The summed E-state index contributed by atoms with van der Waals surface area (Å²) in [7, 11) is 2.14. The number of hydrogen-bond acceptors (Lipinski definition) is 2. The van der Waals surface area contributed by atoms with E-state index in [0.717, 1.165) is 35.4 Å². The van der Waals surface area contributed by atoms with Crippen LogP contribution in [-0.4, -0.2) is 21.5 Å². The fourth-order valence-corrected chi connectivity index (χ4v) is 3.81. The van der Waals surface area contributed by atoms with E-state index in [-0.39, 0.29) is 0 Å². The molecule has 3 aromatic carbocycles. The van der Waals surface area contributed by atoms with Crippen LogP contribution in [-0.2, 0) is 19.6 Å². The summed E-state index contributed by atoms with van der Waals surface area (Å²) in [4.78, 5) is 7.23. The number of fused-ring (bicyclic) bond motifs is 1. The largest absolute Gasteiger partial charge is 0.322 e. The Hall–Kier alpha value is -2.43. The van der Waals surface area contributed by atoms with Crippen molar-refractivity contribution < 1.29 is 0 Å². The maximum atomic E-state index is 4.92. The first-order chi connectivity index (χ1) is 13.2. The highest BCUT2D eigenvalue weighted by Gasteiger charge is 2.13. The molecule has 0 radical (unpaired) electrons. The van der Waals surface area contributed by atoms with Crippen LogP contribution in [0.4, 0.5) is 0 Å². The van der Waals surface area contributed by atoms with Crippen molar-refractivity contribution in [3.05, 3.63) is 100 Å². The van der Waals surface area contributed by atoms with E-state index in [0.29, 0.717) is 0 Å². The van der Waals surface area contributed by atoms with Gasteiger partial charge in [0.25, 0.3) is 0 Å². The Kier molecular flexibility index (Phi) is 5.37. The number of benzene rings is 3. The second kappa shape index (κ2) is 8.07. The third-order valence-electron chi connectivity index (χ3n) is 4.73. The zero-order valence-electron chi connectivity index (χ0n) is 15.3. The minimum Gasteiger partial charge on any atom is -0.322 e. The lowest BCUT2D eigenvalue weighted by atomic mass is 10.2. The number of imidazole rings is 1. The zero-order valence-corrected chi connectivity index (χ0v) is 16.9. The molecule has 0 N–H and O–H groups in total. The van der Waals surface area contributed by atoms with Gasteiger partial charge in [0.15, 0.2) is 0 Å². The van der Waals surface area contributed by atoms with Crippen LogP contribution in [0.2, 0.25) is 0 Å². The van der Waals surface area contributed by atoms with E-state index in [2.05, 4.69) is 105 Å². The first-order valence-corrected chi connectivity index (χ1v) is 9.90. The van der Waals surface area contributed by atoms with E-state index in [9.17, 15) is 0 Å². The Morgan fingerprint density at radius 1 is 0.852 bits per heavy atom. The van der Waals surface area contributed by atoms with Gasteiger partial charge in [0, 0.05) is 17.6 Å². The Morgan fingerprint density at radius 3 is 2.37 bits per heavy atom. The van der Waals surface area contributed by atoms with E-state index in [1.807, 2.05) is 6.07 Å². The SMILES string of the molecule is CN(Cc1ccccc1Br)Cc1nc2ccccc2n1Cc1ccccc1. The molecule has 0 fully saturated rings. The molecule has 0 spiro atoms. The maximum absolute atomic E-state index is 4.92. The van der Waals surface area contributed by atoms with Crippen LogP contribution in [0.15, 0.2) is 83.3 Å². The van der Waals surface area contributed by atoms with Gasteiger partial charge in [-0.3, -0.25) is 4.90 Å². The van der Waals surface area contributed by atoms with Gasteiger partial charge in [0.1, 0.15) is 5.82 Å². The fraction of sp³-hybridized carbons (Fsp3) is 0.174. The Labute approximate surface area is 168 Å². The van der Waals surface area contributed by atoms with Gasteiger partial charge in [-0.05, 0) is 36.4 Å². The molecule has 0 atom stereocenters. The lowest BCUT2D eigenvalue weighted by Crippen LogP contribution is -2.20.